The number of aromatic nitrogens is 2. The summed E-state index contributed by atoms with van der Waals surface area (Å²) in [4.78, 5) is 26.2. The van der Waals surface area contributed by atoms with E-state index in [1.807, 2.05) is 4.90 Å². The number of fused-ring (bicyclic) bond motifs is 1. The summed E-state index contributed by atoms with van der Waals surface area (Å²) in [6.45, 7) is 7.28. The van der Waals surface area contributed by atoms with Gasteiger partial charge in [-0.15, -0.1) is 0 Å². The van der Waals surface area contributed by atoms with E-state index < -0.39 is 17.8 Å². The summed E-state index contributed by atoms with van der Waals surface area (Å²) in [6.07, 6.45) is 2.77. The molecule has 2 aliphatic rings. The molecule has 4 atom stereocenters. The van der Waals surface area contributed by atoms with Crippen molar-refractivity contribution in [3.8, 4) is 0 Å². The monoisotopic (exact) mass is 491 g/mol. The van der Waals surface area contributed by atoms with Crippen molar-refractivity contribution in [2.24, 2.45) is 5.92 Å². The summed E-state index contributed by atoms with van der Waals surface area (Å²) in [5, 5.41) is 3.43. The average Bonchev–Trinajstić information content (AvgIpc) is 3.17. The largest absolute Gasteiger partial charge is 0.416 e. The Kier molecular flexibility index (Phi) is 7.54. The van der Waals surface area contributed by atoms with Crippen molar-refractivity contribution in [2.75, 3.05) is 18.9 Å². The molecule has 1 aromatic heterocycles. The minimum Gasteiger partial charge on any atom is -0.358 e. The molecule has 1 N–H and O–H groups in total. The second kappa shape index (κ2) is 10.3. The number of carbonyl (C=O) groups is 1. The van der Waals surface area contributed by atoms with E-state index in [0.29, 0.717) is 36.5 Å². The van der Waals surface area contributed by atoms with Crippen LogP contribution in [0.2, 0.25) is 0 Å². The fraction of sp³-hybridized carbons (Fsp3) is 0.654. The lowest BCUT2D eigenvalue weighted by Crippen LogP contribution is -2.51. The van der Waals surface area contributed by atoms with E-state index in [4.69, 9.17) is 0 Å². The van der Waals surface area contributed by atoms with Crippen LogP contribution in [0, 0.1) is 5.92 Å². The van der Waals surface area contributed by atoms with Crippen LogP contribution >= 0.6 is 0 Å². The van der Waals surface area contributed by atoms with Gasteiger partial charge in [-0.1, -0.05) is 13.3 Å². The van der Waals surface area contributed by atoms with Crippen molar-refractivity contribution in [1.29, 1.82) is 0 Å². The standard InChI is InChI=1S/C26H36F3N5O/c1-5-6-17-13-19(33(4)16(2)3)8-10-23(17)34-12-11-22(25(34)35)32-24-20-14-18(26(27,28)29)7-9-21(20)30-15-31-24/h7,9,14-17,19,22-23H,5-6,8,10-13H2,1-4H3,(H,30,31,32)/t17-,19-,22-,23+/m0/s1. The van der Waals surface area contributed by atoms with E-state index in [1.165, 1.54) is 12.4 Å². The number of anilines is 1. The molecule has 0 spiro atoms. The molecule has 4 rings (SSSR count). The molecule has 9 heteroatoms. The van der Waals surface area contributed by atoms with Gasteiger partial charge in [0, 0.05) is 30.1 Å². The molecule has 2 heterocycles. The van der Waals surface area contributed by atoms with Crippen LogP contribution in [0.25, 0.3) is 10.9 Å². The van der Waals surface area contributed by atoms with E-state index >= 15 is 0 Å². The summed E-state index contributed by atoms with van der Waals surface area (Å²) in [7, 11) is 2.19. The summed E-state index contributed by atoms with van der Waals surface area (Å²) in [6, 6.07) is 4.15. The van der Waals surface area contributed by atoms with Crippen molar-refractivity contribution >= 4 is 22.6 Å². The maximum atomic E-state index is 13.5. The van der Waals surface area contributed by atoms with Gasteiger partial charge in [-0.3, -0.25) is 4.79 Å². The predicted molar refractivity (Wildman–Crippen MR) is 131 cm³/mol. The van der Waals surface area contributed by atoms with Gasteiger partial charge in [0.1, 0.15) is 18.2 Å². The number of benzene rings is 1. The quantitative estimate of drug-likeness (QED) is 0.567. The van der Waals surface area contributed by atoms with Crippen LogP contribution in [0.15, 0.2) is 24.5 Å². The Morgan fingerprint density at radius 2 is 1.97 bits per heavy atom. The first-order valence-electron chi connectivity index (χ1n) is 12.7. The molecule has 2 fully saturated rings. The topological polar surface area (TPSA) is 61.4 Å². The molecule has 1 aromatic carbocycles. The fourth-order valence-corrected chi connectivity index (χ4v) is 5.78. The van der Waals surface area contributed by atoms with Crippen LogP contribution in [0.5, 0.6) is 0 Å². The number of halogens is 3. The molecule has 1 saturated carbocycles. The number of hydrogen-bond acceptors (Lipinski definition) is 5. The van der Waals surface area contributed by atoms with Crippen LogP contribution in [-0.2, 0) is 11.0 Å². The predicted octanol–water partition coefficient (Wildman–Crippen LogP) is 5.34. The molecular formula is C26H36F3N5O. The Labute approximate surface area is 205 Å². The minimum atomic E-state index is -4.46. The van der Waals surface area contributed by atoms with Crippen molar-refractivity contribution in [2.45, 2.75) is 89.6 Å². The number of nitrogens with zero attached hydrogens (tertiary/aromatic N) is 4. The number of carbonyl (C=O) groups excluding carboxylic acids is 1. The Bertz CT molecular complexity index is 1040. The number of likely N-dealkylation sites (tertiary alicyclic amines) is 1. The molecule has 0 unspecified atom stereocenters. The first-order chi connectivity index (χ1) is 16.6. The molecular weight excluding hydrogens is 455 g/mol. The molecule has 192 valence electrons. The lowest BCUT2D eigenvalue weighted by atomic mass is 9.77. The van der Waals surface area contributed by atoms with E-state index in [1.54, 1.807) is 0 Å². The highest BCUT2D eigenvalue weighted by molar-refractivity contribution is 5.93. The minimum absolute atomic E-state index is 0.0190. The van der Waals surface area contributed by atoms with Gasteiger partial charge in [0.05, 0.1) is 11.1 Å². The zero-order valence-electron chi connectivity index (χ0n) is 21.0. The molecule has 6 nitrogen and oxygen atoms in total. The molecule has 1 aliphatic carbocycles. The van der Waals surface area contributed by atoms with Crippen LogP contribution in [0.3, 0.4) is 0 Å². The highest BCUT2D eigenvalue weighted by Crippen LogP contribution is 2.37. The Hall–Kier alpha value is -2.42. The third-order valence-corrected chi connectivity index (χ3v) is 7.88. The first kappa shape index (κ1) is 25.7. The Morgan fingerprint density at radius 1 is 1.20 bits per heavy atom. The zero-order valence-corrected chi connectivity index (χ0v) is 21.0. The molecule has 2 aromatic rings. The fourth-order valence-electron chi connectivity index (χ4n) is 5.78. The molecule has 1 amide bonds. The number of alkyl halides is 3. The maximum absolute atomic E-state index is 13.5. The summed E-state index contributed by atoms with van der Waals surface area (Å²) < 4.78 is 39.8. The van der Waals surface area contributed by atoms with E-state index in [2.05, 4.69) is 48.0 Å². The summed E-state index contributed by atoms with van der Waals surface area (Å²) in [5.41, 5.74) is -0.346. The molecule has 1 saturated heterocycles. The Morgan fingerprint density at radius 3 is 2.66 bits per heavy atom. The van der Waals surface area contributed by atoms with Gasteiger partial charge in [-0.25, -0.2) is 9.97 Å². The highest BCUT2D eigenvalue weighted by atomic mass is 19.4. The molecule has 35 heavy (non-hydrogen) atoms. The highest BCUT2D eigenvalue weighted by Gasteiger charge is 2.42. The zero-order chi connectivity index (χ0) is 25.3. The van der Waals surface area contributed by atoms with Gasteiger partial charge in [-0.05, 0) is 77.1 Å². The molecule has 0 radical (unpaired) electrons. The van der Waals surface area contributed by atoms with Gasteiger partial charge in [0.2, 0.25) is 5.91 Å². The first-order valence-corrected chi connectivity index (χ1v) is 12.7. The maximum Gasteiger partial charge on any atom is 0.416 e. The van der Waals surface area contributed by atoms with Crippen LogP contribution < -0.4 is 5.32 Å². The van der Waals surface area contributed by atoms with Crippen LogP contribution in [0.1, 0.15) is 64.9 Å². The molecule has 0 bridgehead atoms. The van der Waals surface area contributed by atoms with Crippen LogP contribution in [0.4, 0.5) is 19.0 Å². The molecule has 1 aliphatic heterocycles. The lowest BCUT2D eigenvalue weighted by Gasteiger charge is -2.44. The number of rotatable bonds is 7. The van der Waals surface area contributed by atoms with Gasteiger partial charge in [0.15, 0.2) is 0 Å². The second-order valence-corrected chi connectivity index (χ2v) is 10.3. The third kappa shape index (κ3) is 5.39. The summed E-state index contributed by atoms with van der Waals surface area (Å²) in [5.74, 6) is 0.746. The van der Waals surface area contributed by atoms with Crippen LogP contribution in [-0.4, -0.2) is 63.4 Å². The van der Waals surface area contributed by atoms with Gasteiger partial charge in [0.25, 0.3) is 0 Å². The normalized spacial score (nSPS) is 25.7. The summed E-state index contributed by atoms with van der Waals surface area (Å²) >= 11 is 0. The Balaban J connectivity index is 1.50. The van der Waals surface area contributed by atoms with E-state index in [9.17, 15) is 18.0 Å². The second-order valence-electron chi connectivity index (χ2n) is 10.3. The van der Waals surface area contributed by atoms with Gasteiger partial charge in [-0.2, -0.15) is 13.2 Å². The number of nitrogens with one attached hydrogen (secondary N) is 1. The SMILES string of the molecule is CCC[C@H]1C[C@@H](N(C)C(C)C)CC[C@H]1N1CC[C@H](Nc2ncnc3ccc(C(F)(F)F)cc23)C1=O. The van der Waals surface area contributed by atoms with Gasteiger partial charge >= 0.3 is 6.18 Å². The van der Waals surface area contributed by atoms with Crippen molar-refractivity contribution in [1.82, 2.24) is 19.8 Å². The lowest BCUT2D eigenvalue weighted by molar-refractivity contribution is -0.137. The third-order valence-electron chi connectivity index (χ3n) is 7.88. The van der Waals surface area contributed by atoms with Gasteiger partial charge < -0.3 is 15.1 Å². The van der Waals surface area contributed by atoms with E-state index in [-0.39, 0.29) is 23.2 Å². The average molecular weight is 492 g/mol. The smallest absolute Gasteiger partial charge is 0.358 e. The van der Waals surface area contributed by atoms with Crippen molar-refractivity contribution in [3.05, 3.63) is 30.1 Å². The van der Waals surface area contributed by atoms with Crippen molar-refractivity contribution < 1.29 is 18.0 Å². The van der Waals surface area contributed by atoms with Crippen molar-refractivity contribution in [3.63, 3.8) is 0 Å². The number of hydrogen-bond donors (Lipinski definition) is 1. The van der Waals surface area contributed by atoms with E-state index in [0.717, 1.165) is 44.2 Å². The number of amides is 1.